The van der Waals surface area contributed by atoms with Crippen molar-refractivity contribution >= 4 is 69.9 Å². The molecule has 0 saturated heterocycles. The van der Waals surface area contributed by atoms with Gasteiger partial charge in [0, 0.05) is 7.11 Å². The molecule has 3 nitrogen and oxygen atoms in total. The molecule has 0 aliphatic heterocycles. The Morgan fingerprint density at radius 1 is 1.57 bits per heavy atom. The molecule has 0 aromatic rings. The molecule has 0 unspecified atom stereocenters. The molecule has 0 heterocycles. The molecule has 0 fully saturated rings. The molecule has 0 saturated carbocycles. The quantitative estimate of drug-likeness (QED) is 0.397. The van der Waals surface area contributed by atoms with Gasteiger partial charge in [0.25, 0.3) is 0 Å². The van der Waals surface area contributed by atoms with E-state index in [0.717, 1.165) is 7.11 Å². The minimum atomic E-state index is -3.31. The predicted octanol–water partition coefficient (Wildman–Crippen LogP) is -0.807. The fourth-order valence-electron chi connectivity index (χ4n) is 0. The topological polar surface area (TPSA) is 49.7 Å². The Hall–Kier alpha value is 2.17. The van der Waals surface area contributed by atoms with E-state index in [1.165, 1.54) is 0 Å². The zero-order valence-electron chi connectivity index (χ0n) is 3.16. The number of hydrogen-bond donors (Lipinski definition) is 2. The summed E-state index contributed by atoms with van der Waals surface area (Å²) in [7, 11) is 1.15. The average Bonchev–Trinajstić information content (AvgIpc) is 1.35. The third-order valence-electron chi connectivity index (χ3n) is 0.238. The first-order chi connectivity index (χ1) is 2.56. The van der Waals surface area contributed by atoms with E-state index in [4.69, 9.17) is 9.79 Å². The summed E-state index contributed by atoms with van der Waals surface area (Å²) in [6.07, 6.45) is 0. The van der Waals surface area contributed by atoms with Crippen molar-refractivity contribution in [3.63, 3.8) is 0 Å². The standard InChI is InChI=1S/CH5O3PS.K.H/c1-4-5(2,3)6;;/h1H3,(H2,2,3,6);;. The second kappa shape index (κ2) is 4.99. The maximum atomic E-state index is 8.09. The van der Waals surface area contributed by atoms with Crippen molar-refractivity contribution < 1.29 is 14.3 Å². The van der Waals surface area contributed by atoms with E-state index >= 15 is 0 Å². The zero-order valence-corrected chi connectivity index (χ0v) is 4.87. The van der Waals surface area contributed by atoms with Crippen LogP contribution in [0.1, 0.15) is 0 Å². The fourth-order valence-corrected chi connectivity index (χ4v) is 0. The van der Waals surface area contributed by atoms with E-state index in [1.54, 1.807) is 0 Å². The van der Waals surface area contributed by atoms with Crippen LogP contribution in [0.4, 0.5) is 0 Å². The Morgan fingerprint density at radius 3 is 1.71 bits per heavy atom. The van der Waals surface area contributed by atoms with Crippen LogP contribution in [0.15, 0.2) is 0 Å². The van der Waals surface area contributed by atoms with Crippen molar-refractivity contribution in [1.29, 1.82) is 0 Å². The Balaban J connectivity index is 0. The molecule has 0 radical (unpaired) electrons. The van der Waals surface area contributed by atoms with Crippen LogP contribution in [-0.2, 0) is 16.3 Å². The molecule has 0 bridgehead atoms. The Labute approximate surface area is 89.7 Å². The van der Waals surface area contributed by atoms with Gasteiger partial charge in [-0.3, -0.25) is 0 Å². The molecule has 2 N–H and O–H groups in total. The van der Waals surface area contributed by atoms with Crippen molar-refractivity contribution in [3.05, 3.63) is 0 Å². The summed E-state index contributed by atoms with van der Waals surface area (Å²) in [5, 5.41) is 0. The second-order valence-corrected chi connectivity index (χ2v) is 3.45. The van der Waals surface area contributed by atoms with Gasteiger partial charge >= 0.3 is 58.1 Å². The molecule has 0 aliphatic carbocycles. The summed E-state index contributed by atoms with van der Waals surface area (Å²) < 4.78 is 3.97. The summed E-state index contributed by atoms with van der Waals surface area (Å²) in [6.45, 7) is -3.31. The van der Waals surface area contributed by atoms with Crippen LogP contribution in [0.25, 0.3) is 0 Å². The van der Waals surface area contributed by atoms with E-state index < -0.39 is 6.72 Å². The van der Waals surface area contributed by atoms with Crippen LogP contribution >= 0.6 is 6.72 Å². The fraction of sp³-hybridized carbons (Fsp3) is 1.00. The zero-order chi connectivity index (χ0) is 5.21. The summed E-state index contributed by atoms with van der Waals surface area (Å²) in [6, 6.07) is 0. The van der Waals surface area contributed by atoms with Crippen molar-refractivity contribution in [3.8, 4) is 0 Å². The molecule has 0 spiro atoms. The first kappa shape index (κ1) is 11.9. The van der Waals surface area contributed by atoms with Gasteiger partial charge in [0.2, 0.25) is 0 Å². The Bertz CT molecular complexity index is 79.0. The molecule has 0 atom stereocenters. The molecular weight excluding hydrogens is 162 g/mol. The molecule has 0 amide bonds. The number of rotatable bonds is 1. The normalized spacial score (nSPS) is 10.1. The van der Waals surface area contributed by atoms with Crippen molar-refractivity contribution in [1.82, 2.24) is 0 Å². The molecule has 0 aromatic heterocycles. The third-order valence-corrected chi connectivity index (χ3v) is 1.16. The molecular formula is CH6KO3PS. The van der Waals surface area contributed by atoms with Crippen molar-refractivity contribution in [2.24, 2.45) is 0 Å². The molecule has 0 aliphatic rings. The van der Waals surface area contributed by atoms with E-state index in [1.807, 2.05) is 0 Å². The molecule has 40 valence electrons. The van der Waals surface area contributed by atoms with Gasteiger partial charge in [-0.1, -0.05) is 0 Å². The van der Waals surface area contributed by atoms with Gasteiger partial charge in [0.05, 0.1) is 0 Å². The van der Waals surface area contributed by atoms with Crippen molar-refractivity contribution in [2.75, 3.05) is 7.11 Å². The average molecular weight is 168 g/mol. The monoisotopic (exact) mass is 168 g/mol. The van der Waals surface area contributed by atoms with Crippen LogP contribution in [0.2, 0.25) is 0 Å². The van der Waals surface area contributed by atoms with Gasteiger partial charge in [-0.05, 0) is 11.8 Å². The van der Waals surface area contributed by atoms with E-state index in [-0.39, 0.29) is 51.4 Å². The summed E-state index contributed by atoms with van der Waals surface area (Å²) in [4.78, 5) is 16.2. The van der Waals surface area contributed by atoms with Gasteiger partial charge in [-0.15, -0.1) is 0 Å². The van der Waals surface area contributed by atoms with Crippen molar-refractivity contribution in [2.45, 2.75) is 0 Å². The van der Waals surface area contributed by atoms with E-state index in [0.29, 0.717) is 0 Å². The Kier molecular flexibility index (Phi) is 8.49. The molecule has 0 rings (SSSR count). The second-order valence-electron chi connectivity index (χ2n) is 0.673. The summed E-state index contributed by atoms with van der Waals surface area (Å²) >= 11 is 3.99. The SMILES string of the molecule is COP(O)(O)=S.[KH]. The Morgan fingerprint density at radius 2 is 1.71 bits per heavy atom. The van der Waals surface area contributed by atoms with Crippen LogP contribution in [0.3, 0.4) is 0 Å². The summed E-state index contributed by atoms with van der Waals surface area (Å²) in [5.41, 5.74) is 0. The third kappa shape index (κ3) is 11.6. The van der Waals surface area contributed by atoms with Crippen LogP contribution in [0.5, 0.6) is 0 Å². The first-order valence-corrected chi connectivity index (χ1v) is 3.80. The molecule has 6 heteroatoms. The minimum absolute atomic E-state index is 0. The van der Waals surface area contributed by atoms with Gasteiger partial charge in [-0.2, -0.15) is 0 Å². The van der Waals surface area contributed by atoms with Gasteiger partial charge in [0.1, 0.15) is 0 Å². The van der Waals surface area contributed by atoms with Gasteiger partial charge < -0.3 is 14.3 Å². The number of hydrogen-bond acceptors (Lipinski definition) is 2. The molecule has 7 heavy (non-hydrogen) atoms. The molecule has 0 aromatic carbocycles. The van der Waals surface area contributed by atoms with Crippen LogP contribution in [0, 0.1) is 0 Å². The van der Waals surface area contributed by atoms with Crippen LogP contribution < -0.4 is 0 Å². The summed E-state index contributed by atoms with van der Waals surface area (Å²) in [5.74, 6) is 0. The van der Waals surface area contributed by atoms with E-state index in [2.05, 4.69) is 16.3 Å². The predicted molar refractivity (Wildman–Crippen MR) is 32.9 cm³/mol. The van der Waals surface area contributed by atoms with Gasteiger partial charge in [-0.25, -0.2) is 0 Å². The maximum absolute atomic E-state index is 8.09. The van der Waals surface area contributed by atoms with E-state index in [9.17, 15) is 0 Å². The first-order valence-electron chi connectivity index (χ1n) is 1.17. The van der Waals surface area contributed by atoms with Gasteiger partial charge in [0.15, 0.2) is 0 Å². The van der Waals surface area contributed by atoms with Crippen LogP contribution in [-0.4, -0.2) is 68.3 Å².